The Bertz CT molecular complexity index is 821. The summed E-state index contributed by atoms with van der Waals surface area (Å²) in [5, 5.41) is 12.8. The summed E-state index contributed by atoms with van der Waals surface area (Å²) in [5.74, 6) is 1.86. The van der Waals surface area contributed by atoms with Crippen LogP contribution < -0.4 is 5.32 Å². The number of fused-ring (bicyclic) bond motifs is 3. The molecule has 1 aliphatic carbocycles. The summed E-state index contributed by atoms with van der Waals surface area (Å²) < 4.78 is 2.04. The van der Waals surface area contributed by atoms with E-state index >= 15 is 0 Å². The quantitative estimate of drug-likeness (QED) is 0.745. The van der Waals surface area contributed by atoms with Crippen molar-refractivity contribution in [1.29, 1.82) is 0 Å². The lowest BCUT2D eigenvalue weighted by molar-refractivity contribution is 0.707. The van der Waals surface area contributed by atoms with Crippen molar-refractivity contribution in [3.8, 4) is 0 Å². The van der Waals surface area contributed by atoms with Crippen LogP contribution in [0.4, 0.5) is 5.82 Å². The van der Waals surface area contributed by atoms with Crippen LogP contribution in [0.25, 0.3) is 10.2 Å². The first-order valence-electron chi connectivity index (χ1n) is 8.22. The number of rotatable bonds is 4. The molecule has 0 fully saturated rings. The Balaban J connectivity index is 1.68. The third-order valence-corrected chi connectivity index (χ3v) is 5.65. The molecule has 23 heavy (non-hydrogen) atoms. The fourth-order valence-electron chi connectivity index (χ4n) is 3.24. The number of hydrogen-bond acceptors (Lipinski definition) is 6. The van der Waals surface area contributed by atoms with Crippen molar-refractivity contribution < 1.29 is 0 Å². The van der Waals surface area contributed by atoms with Gasteiger partial charge in [0.15, 0.2) is 5.82 Å². The minimum atomic E-state index is 0.630. The predicted molar refractivity (Wildman–Crippen MR) is 91.7 cm³/mol. The van der Waals surface area contributed by atoms with Gasteiger partial charge in [0.05, 0.1) is 11.9 Å². The van der Waals surface area contributed by atoms with Gasteiger partial charge in [-0.25, -0.2) is 9.97 Å². The molecule has 3 aromatic heterocycles. The molecule has 0 saturated carbocycles. The average Bonchev–Trinajstić information content (AvgIpc) is 3.10. The molecule has 120 valence electrons. The molecule has 1 N–H and O–H groups in total. The fourth-order valence-corrected chi connectivity index (χ4v) is 4.47. The summed E-state index contributed by atoms with van der Waals surface area (Å²) in [6.07, 6.45) is 9.61. The van der Waals surface area contributed by atoms with Crippen molar-refractivity contribution >= 4 is 27.4 Å². The summed E-state index contributed by atoms with van der Waals surface area (Å²) in [4.78, 5) is 11.6. The molecule has 0 aliphatic heterocycles. The van der Waals surface area contributed by atoms with Crippen molar-refractivity contribution in [3.63, 3.8) is 0 Å². The molecular weight excluding hydrogens is 308 g/mol. The van der Waals surface area contributed by atoms with E-state index in [1.165, 1.54) is 41.5 Å². The lowest BCUT2D eigenvalue weighted by Crippen LogP contribution is -2.09. The lowest BCUT2D eigenvalue weighted by Gasteiger charge is -2.08. The summed E-state index contributed by atoms with van der Waals surface area (Å²) in [5.41, 5.74) is 1.46. The average molecular weight is 328 g/mol. The van der Waals surface area contributed by atoms with Crippen LogP contribution in [0.2, 0.25) is 0 Å². The third-order valence-electron chi connectivity index (χ3n) is 4.45. The molecule has 0 amide bonds. The van der Waals surface area contributed by atoms with Crippen LogP contribution >= 0.6 is 11.3 Å². The Morgan fingerprint density at radius 2 is 2.13 bits per heavy atom. The molecule has 3 aromatic rings. The Kier molecular flexibility index (Phi) is 3.95. The maximum absolute atomic E-state index is 4.50. The minimum absolute atomic E-state index is 0.630. The monoisotopic (exact) mass is 328 g/mol. The van der Waals surface area contributed by atoms with Crippen LogP contribution in [0.3, 0.4) is 0 Å². The van der Waals surface area contributed by atoms with Crippen LogP contribution in [0, 0.1) is 0 Å². The molecule has 4 rings (SSSR count). The Morgan fingerprint density at radius 3 is 3.04 bits per heavy atom. The zero-order valence-electron chi connectivity index (χ0n) is 13.2. The van der Waals surface area contributed by atoms with Gasteiger partial charge in [-0.15, -0.1) is 21.5 Å². The van der Waals surface area contributed by atoms with Gasteiger partial charge in [-0.3, -0.25) is 0 Å². The number of anilines is 1. The van der Waals surface area contributed by atoms with Gasteiger partial charge in [-0.05, 0) is 38.2 Å². The number of nitrogens with zero attached hydrogens (tertiary/aromatic N) is 5. The zero-order chi connectivity index (χ0) is 15.6. The van der Waals surface area contributed by atoms with E-state index in [0.717, 1.165) is 29.4 Å². The Labute approximate surface area is 139 Å². The van der Waals surface area contributed by atoms with E-state index < -0.39 is 0 Å². The van der Waals surface area contributed by atoms with Crippen molar-refractivity contribution in [2.75, 3.05) is 5.32 Å². The summed E-state index contributed by atoms with van der Waals surface area (Å²) in [6, 6.07) is 0. The van der Waals surface area contributed by atoms with Crippen molar-refractivity contribution in [2.45, 2.75) is 52.1 Å². The molecule has 0 atom stereocenters. The first-order valence-corrected chi connectivity index (χ1v) is 9.04. The molecule has 0 bridgehead atoms. The summed E-state index contributed by atoms with van der Waals surface area (Å²) in [7, 11) is 0. The summed E-state index contributed by atoms with van der Waals surface area (Å²) >= 11 is 1.83. The molecule has 0 unspecified atom stereocenters. The van der Waals surface area contributed by atoms with E-state index in [1.807, 2.05) is 15.9 Å². The topological polar surface area (TPSA) is 68.5 Å². The largest absolute Gasteiger partial charge is 0.362 e. The van der Waals surface area contributed by atoms with Gasteiger partial charge in [0.2, 0.25) is 0 Å². The second kappa shape index (κ2) is 6.23. The molecule has 1 aliphatic rings. The predicted octanol–water partition coefficient (Wildman–Crippen LogP) is 3.18. The zero-order valence-corrected chi connectivity index (χ0v) is 14.1. The number of nitrogens with one attached hydrogen (secondary N) is 1. The van der Waals surface area contributed by atoms with Crippen molar-refractivity contribution in [2.24, 2.45) is 0 Å². The highest BCUT2D eigenvalue weighted by molar-refractivity contribution is 7.18. The highest BCUT2D eigenvalue weighted by atomic mass is 32.1. The first kappa shape index (κ1) is 14.6. The van der Waals surface area contributed by atoms with Crippen LogP contribution in [-0.2, 0) is 25.9 Å². The van der Waals surface area contributed by atoms with E-state index in [1.54, 1.807) is 12.7 Å². The Morgan fingerprint density at radius 1 is 1.22 bits per heavy atom. The normalized spacial score (nSPS) is 14.7. The molecule has 7 heteroatoms. The van der Waals surface area contributed by atoms with Crippen LogP contribution in [-0.4, -0.2) is 24.7 Å². The van der Waals surface area contributed by atoms with Gasteiger partial charge in [0.1, 0.15) is 23.3 Å². The molecular formula is C16H20N6S. The molecule has 0 saturated heterocycles. The second-order valence-electron chi connectivity index (χ2n) is 5.85. The number of hydrogen-bond donors (Lipinski definition) is 1. The van der Waals surface area contributed by atoms with Gasteiger partial charge >= 0.3 is 0 Å². The third kappa shape index (κ3) is 2.69. The number of thiophene rings is 1. The van der Waals surface area contributed by atoms with E-state index in [4.69, 9.17) is 0 Å². The van der Waals surface area contributed by atoms with Gasteiger partial charge in [-0.1, -0.05) is 6.42 Å². The maximum atomic E-state index is 4.50. The number of aryl methyl sites for hydroxylation is 3. The molecule has 0 aromatic carbocycles. The van der Waals surface area contributed by atoms with E-state index in [-0.39, 0.29) is 0 Å². The molecule has 6 nitrogen and oxygen atoms in total. The van der Waals surface area contributed by atoms with Crippen molar-refractivity contribution in [1.82, 2.24) is 24.7 Å². The smallest absolute Gasteiger partial charge is 0.152 e. The SMILES string of the molecule is CCn1cnnc1CNc1ncnc2sc3c(c12)CCCCC3. The number of aromatic nitrogens is 5. The van der Waals surface area contributed by atoms with Crippen LogP contribution in [0.15, 0.2) is 12.7 Å². The van der Waals surface area contributed by atoms with E-state index in [2.05, 4.69) is 32.4 Å². The maximum Gasteiger partial charge on any atom is 0.152 e. The van der Waals surface area contributed by atoms with Gasteiger partial charge in [0.25, 0.3) is 0 Å². The highest BCUT2D eigenvalue weighted by Crippen LogP contribution is 2.37. The highest BCUT2D eigenvalue weighted by Gasteiger charge is 2.19. The van der Waals surface area contributed by atoms with Crippen molar-refractivity contribution in [3.05, 3.63) is 28.9 Å². The molecule has 0 radical (unpaired) electrons. The van der Waals surface area contributed by atoms with E-state index in [0.29, 0.717) is 6.54 Å². The fraction of sp³-hybridized carbons (Fsp3) is 0.500. The minimum Gasteiger partial charge on any atom is -0.362 e. The Hall–Kier alpha value is -2.02. The van der Waals surface area contributed by atoms with Crippen LogP contribution in [0.1, 0.15) is 42.5 Å². The first-order chi connectivity index (χ1) is 11.4. The molecule has 3 heterocycles. The second-order valence-corrected chi connectivity index (χ2v) is 6.94. The lowest BCUT2D eigenvalue weighted by atomic mass is 10.1. The standard InChI is InChI=1S/C16H20N6S/c1-2-22-10-20-21-13(22)8-17-15-14-11-6-4-3-5-7-12(11)23-16(14)19-9-18-15/h9-10H,2-8H2,1H3,(H,17,18,19). The van der Waals surface area contributed by atoms with Gasteiger partial charge in [0, 0.05) is 11.4 Å². The van der Waals surface area contributed by atoms with Gasteiger partial charge in [-0.2, -0.15) is 0 Å². The molecule has 0 spiro atoms. The van der Waals surface area contributed by atoms with E-state index in [9.17, 15) is 0 Å². The summed E-state index contributed by atoms with van der Waals surface area (Å²) in [6.45, 7) is 3.59. The van der Waals surface area contributed by atoms with Gasteiger partial charge < -0.3 is 9.88 Å². The van der Waals surface area contributed by atoms with Crippen LogP contribution in [0.5, 0.6) is 0 Å².